The van der Waals surface area contributed by atoms with Gasteiger partial charge in [-0.2, -0.15) is 0 Å². The van der Waals surface area contributed by atoms with Crippen molar-refractivity contribution in [3.63, 3.8) is 0 Å². The van der Waals surface area contributed by atoms with Gasteiger partial charge in [-0.3, -0.25) is 4.98 Å². The van der Waals surface area contributed by atoms with Crippen molar-refractivity contribution >= 4 is 16.5 Å². The molecule has 0 bridgehead atoms. The lowest BCUT2D eigenvalue weighted by molar-refractivity contribution is 0.162. The molecule has 0 aliphatic rings. The Balaban J connectivity index is 1.63. The summed E-state index contributed by atoms with van der Waals surface area (Å²) in [7, 11) is 0. The second-order valence-corrected chi connectivity index (χ2v) is 5.02. The molecule has 6 nitrogen and oxygen atoms in total. The molecule has 3 rings (SSSR count). The Bertz CT molecular complexity index is 654. The van der Waals surface area contributed by atoms with Crippen LogP contribution >= 0.6 is 11.3 Å². The fraction of sp³-hybridized carbons (Fsp3) is 0.154. The van der Waals surface area contributed by atoms with Gasteiger partial charge in [-0.25, -0.2) is 0 Å². The van der Waals surface area contributed by atoms with Crippen LogP contribution < -0.4 is 5.32 Å². The Morgan fingerprint density at radius 1 is 1.25 bits per heavy atom. The summed E-state index contributed by atoms with van der Waals surface area (Å²) in [6.45, 7) is 0.310. The third kappa shape index (κ3) is 2.84. The van der Waals surface area contributed by atoms with E-state index in [1.807, 2.05) is 18.2 Å². The molecule has 3 aromatic heterocycles. The summed E-state index contributed by atoms with van der Waals surface area (Å²) in [4.78, 5) is 4.21. The van der Waals surface area contributed by atoms with Gasteiger partial charge >= 0.3 is 0 Å². The number of aliphatic hydroxyl groups excluding tert-OH is 1. The number of furan rings is 1. The third-order valence-corrected chi connectivity index (χ3v) is 3.53. The topological polar surface area (TPSA) is 84.1 Å². The molecule has 0 saturated heterocycles. The Morgan fingerprint density at radius 3 is 2.95 bits per heavy atom. The second-order valence-electron chi connectivity index (χ2n) is 4.04. The highest BCUT2D eigenvalue weighted by atomic mass is 32.1. The molecule has 2 N–H and O–H groups in total. The molecule has 1 unspecified atom stereocenters. The van der Waals surface area contributed by atoms with E-state index >= 15 is 0 Å². The standard InChI is InChI=1S/C13H12N4O2S/c18-10(11-5-3-7-19-11)8-15-13-17-16-12(20-13)9-4-1-2-6-14-9/h1-7,10,18H,8H2,(H,15,17). The van der Waals surface area contributed by atoms with Crippen LogP contribution in [0.15, 0.2) is 47.2 Å². The Kier molecular flexibility index (Phi) is 3.71. The van der Waals surface area contributed by atoms with E-state index in [0.717, 1.165) is 10.7 Å². The SMILES string of the molecule is OC(CNc1nnc(-c2ccccn2)s1)c1ccco1. The lowest BCUT2D eigenvalue weighted by atomic mass is 10.3. The third-order valence-electron chi connectivity index (χ3n) is 2.63. The lowest BCUT2D eigenvalue weighted by Gasteiger charge is -2.07. The first kappa shape index (κ1) is 12.8. The molecule has 0 aliphatic heterocycles. The van der Waals surface area contributed by atoms with Crippen molar-refractivity contribution in [1.82, 2.24) is 15.2 Å². The molecular formula is C13H12N4O2S. The molecule has 0 fully saturated rings. The molecule has 0 radical (unpaired) electrons. The first-order valence-electron chi connectivity index (χ1n) is 6.03. The average molecular weight is 288 g/mol. The zero-order valence-corrected chi connectivity index (χ0v) is 11.2. The van der Waals surface area contributed by atoms with Crippen LogP contribution in [-0.4, -0.2) is 26.8 Å². The maximum absolute atomic E-state index is 9.88. The van der Waals surface area contributed by atoms with Gasteiger partial charge < -0.3 is 14.8 Å². The van der Waals surface area contributed by atoms with E-state index in [9.17, 15) is 5.11 Å². The molecule has 102 valence electrons. The van der Waals surface area contributed by atoms with Crippen LogP contribution in [0.2, 0.25) is 0 Å². The second kappa shape index (κ2) is 5.81. The fourth-order valence-electron chi connectivity index (χ4n) is 1.65. The van der Waals surface area contributed by atoms with Crippen LogP contribution in [0, 0.1) is 0 Å². The molecule has 20 heavy (non-hydrogen) atoms. The van der Waals surface area contributed by atoms with Crippen LogP contribution in [0.4, 0.5) is 5.13 Å². The van der Waals surface area contributed by atoms with Crippen molar-refractivity contribution in [1.29, 1.82) is 0 Å². The van der Waals surface area contributed by atoms with E-state index in [1.54, 1.807) is 18.3 Å². The van der Waals surface area contributed by atoms with Gasteiger partial charge in [0.05, 0.1) is 12.8 Å². The minimum absolute atomic E-state index is 0.310. The summed E-state index contributed by atoms with van der Waals surface area (Å²) in [5, 5.41) is 22.4. The van der Waals surface area contributed by atoms with Gasteiger partial charge in [0.15, 0.2) is 5.01 Å². The van der Waals surface area contributed by atoms with Crippen LogP contribution in [0.25, 0.3) is 10.7 Å². The minimum Gasteiger partial charge on any atom is -0.467 e. The number of hydrogen-bond donors (Lipinski definition) is 2. The Labute approximate surface area is 119 Å². The first-order chi connectivity index (χ1) is 9.83. The van der Waals surface area contributed by atoms with E-state index in [2.05, 4.69) is 20.5 Å². The summed E-state index contributed by atoms with van der Waals surface area (Å²) >= 11 is 1.39. The highest BCUT2D eigenvalue weighted by Gasteiger charge is 2.12. The lowest BCUT2D eigenvalue weighted by Crippen LogP contribution is -2.11. The van der Waals surface area contributed by atoms with E-state index in [4.69, 9.17) is 4.42 Å². The van der Waals surface area contributed by atoms with E-state index in [1.165, 1.54) is 17.6 Å². The number of hydrogen-bond acceptors (Lipinski definition) is 7. The van der Waals surface area contributed by atoms with Crippen molar-refractivity contribution in [2.75, 3.05) is 11.9 Å². The van der Waals surface area contributed by atoms with Gasteiger partial charge in [0.2, 0.25) is 5.13 Å². The molecule has 0 spiro atoms. The maximum atomic E-state index is 9.88. The maximum Gasteiger partial charge on any atom is 0.206 e. The number of anilines is 1. The quantitative estimate of drug-likeness (QED) is 0.749. The fourth-order valence-corrected chi connectivity index (χ4v) is 2.38. The number of nitrogens with zero attached hydrogens (tertiary/aromatic N) is 3. The monoisotopic (exact) mass is 288 g/mol. The van der Waals surface area contributed by atoms with Gasteiger partial charge in [0.25, 0.3) is 0 Å². The predicted molar refractivity (Wildman–Crippen MR) is 75.3 cm³/mol. The van der Waals surface area contributed by atoms with Gasteiger partial charge in [-0.05, 0) is 24.3 Å². The normalized spacial score (nSPS) is 12.2. The van der Waals surface area contributed by atoms with Gasteiger partial charge in [-0.1, -0.05) is 17.4 Å². The van der Waals surface area contributed by atoms with E-state index in [0.29, 0.717) is 17.4 Å². The molecule has 7 heteroatoms. The highest BCUT2D eigenvalue weighted by Crippen LogP contribution is 2.25. The molecule has 1 atom stereocenters. The molecule has 0 saturated carbocycles. The number of rotatable bonds is 5. The smallest absolute Gasteiger partial charge is 0.206 e. The predicted octanol–water partition coefficient (Wildman–Crippen LogP) is 2.34. The number of nitrogens with one attached hydrogen (secondary N) is 1. The summed E-state index contributed by atoms with van der Waals surface area (Å²) in [5.74, 6) is 0.520. The molecule has 0 aromatic carbocycles. The van der Waals surface area contributed by atoms with Crippen molar-refractivity contribution in [2.24, 2.45) is 0 Å². The Morgan fingerprint density at radius 2 is 2.20 bits per heavy atom. The summed E-state index contributed by atoms with van der Waals surface area (Å²) in [6, 6.07) is 9.09. The largest absolute Gasteiger partial charge is 0.467 e. The summed E-state index contributed by atoms with van der Waals surface area (Å²) in [6.07, 6.45) is 2.53. The van der Waals surface area contributed by atoms with E-state index < -0.39 is 6.10 Å². The summed E-state index contributed by atoms with van der Waals surface area (Å²) < 4.78 is 5.13. The number of pyridine rings is 1. The van der Waals surface area contributed by atoms with Crippen LogP contribution in [0.3, 0.4) is 0 Å². The Hall–Kier alpha value is -2.25. The van der Waals surface area contributed by atoms with Crippen LogP contribution in [-0.2, 0) is 0 Å². The highest BCUT2D eigenvalue weighted by molar-refractivity contribution is 7.18. The van der Waals surface area contributed by atoms with Gasteiger partial charge in [-0.15, -0.1) is 10.2 Å². The molecule has 0 amide bonds. The first-order valence-corrected chi connectivity index (χ1v) is 6.85. The van der Waals surface area contributed by atoms with Crippen molar-refractivity contribution in [3.05, 3.63) is 48.6 Å². The van der Waals surface area contributed by atoms with Crippen LogP contribution in [0.1, 0.15) is 11.9 Å². The summed E-state index contributed by atoms with van der Waals surface area (Å²) in [5.41, 5.74) is 0.782. The number of aromatic nitrogens is 3. The van der Waals surface area contributed by atoms with Crippen LogP contribution in [0.5, 0.6) is 0 Å². The zero-order valence-electron chi connectivity index (χ0n) is 10.4. The molecule has 3 heterocycles. The van der Waals surface area contributed by atoms with Crippen molar-refractivity contribution in [2.45, 2.75) is 6.10 Å². The number of aliphatic hydroxyl groups is 1. The zero-order chi connectivity index (χ0) is 13.8. The molecule has 3 aromatic rings. The molecular weight excluding hydrogens is 276 g/mol. The van der Waals surface area contributed by atoms with Crippen molar-refractivity contribution in [3.8, 4) is 10.7 Å². The van der Waals surface area contributed by atoms with E-state index in [-0.39, 0.29) is 0 Å². The van der Waals surface area contributed by atoms with Gasteiger partial charge in [0.1, 0.15) is 17.6 Å². The minimum atomic E-state index is -0.716. The average Bonchev–Trinajstić information content (AvgIpc) is 3.17. The van der Waals surface area contributed by atoms with Crippen molar-refractivity contribution < 1.29 is 9.52 Å². The molecule has 0 aliphatic carbocycles. The van der Waals surface area contributed by atoms with Gasteiger partial charge in [0, 0.05) is 6.20 Å².